The monoisotopic (exact) mass is 322 g/mol. The molecule has 1 saturated heterocycles. The van der Waals surface area contributed by atoms with E-state index in [1.807, 2.05) is 4.90 Å². The van der Waals surface area contributed by atoms with E-state index >= 15 is 0 Å². The molecule has 1 aromatic rings. The van der Waals surface area contributed by atoms with Crippen molar-refractivity contribution in [2.24, 2.45) is 0 Å². The van der Waals surface area contributed by atoms with E-state index in [1.165, 1.54) is 5.69 Å². The standard InChI is InChI=1S/C16H26N4O3/c21-9-6-18-4-1-5-20-15(13-18)12-14(17-20)2-3-16(22)19-7-10-23-11-8-19/h12,21H,1-11,13H2. The second-order valence-corrected chi connectivity index (χ2v) is 6.20. The van der Waals surface area contributed by atoms with E-state index < -0.39 is 0 Å². The highest BCUT2D eigenvalue weighted by atomic mass is 16.5. The molecule has 128 valence electrons. The third-order valence-electron chi connectivity index (χ3n) is 4.52. The van der Waals surface area contributed by atoms with Gasteiger partial charge in [0, 0.05) is 52.1 Å². The summed E-state index contributed by atoms with van der Waals surface area (Å²) >= 11 is 0. The molecule has 1 fully saturated rings. The Balaban J connectivity index is 1.55. The summed E-state index contributed by atoms with van der Waals surface area (Å²) in [5.74, 6) is 0.193. The van der Waals surface area contributed by atoms with Crippen LogP contribution in [0.5, 0.6) is 0 Å². The molecule has 0 unspecified atom stereocenters. The minimum atomic E-state index is 0.190. The molecule has 23 heavy (non-hydrogen) atoms. The zero-order valence-corrected chi connectivity index (χ0v) is 13.6. The van der Waals surface area contributed by atoms with Gasteiger partial charge in [0.2, 0.25) is 5.91 Å². The Kier molecular flexibility index (Phi) is 5.64. The van der Waals surface area contributed by atoms with E-state index in [1.54, 1.807) is 0 Å². The molecular weight excluding hydrogens is 296 g/mol. The number of hydrogen-bond donors (Lipinski definition) is 1. The van der Waals surface area contributed by atoms with Crippen LogP contribution in [0, 0.1) is 0 Å². The third-order valence-corrected chi connectivity index (χ3v) is 4.52. The second-order valence-electron chi connectivity index (χ2n) is 6.20. The van der Waals surface area contributed by atoms with Crippen LogP contribution in [0.15, 0.2) is 6.07 Å². The van der Waals surface area contributed by atoms with Gasteiger partial charge in [-0.15, -0.1) is 0 Å². The molecule has 3 rings (SSSR count). The van der Waals surface area contributed by atoms with Crippen LogP contribution in [-0.2, 0) is 29.0 Å². The largest absolute Gasteiger partial charge is 0.395 e. The van der Waals surface area contributed by atoms with Crippen LogP contribution < -0.4 is 0 Å². The molecular formula is C16H26N4O3. The van der Waals surface area contributed by atoms with Crippen molar-refractivity contribution in [3.05, 3.63) is 17.5 Å². The molecule has 2 aliphatic heterocycles. The second kappa shape index (κ2) is 7.90. The van der Waals surface area contributed by atoms with E-state index in [0.717, 1.165) is 31.7 Å². The van der Waals surface area contributed by atoms with Gasteiger partial charge >= 0.3 is 0 Å². The lowest BCUT2D eigenvalue weighted by Gasteiger charge is -2.26. The molecule has 3 heterocycles. The van der Waals surface area contributed by atoms with E-state index in [4.69, 9.17) is 9.84 Å². The maximum absolute atomic E-state index is 12.2. The first-order valence-corrected chi connectivity index (χ1v) is 8.50. The van der Waals surface area contributed by atoms with Crippen LogP contribution in [-0.4, -0.2) is 76.6 Å². The lowest BCUT2D eigenvalue weighted by atomic mass is 10.2. The molecule has 7 nitrogen and oxygen atoms in total. The topological polar surface area (TPSA) is 70.8 Å². The molecule has 1 aromatic heterocycles. The van der Waals surface area contributed by atoms with Gasteiger partial charge in [-0.25, -0.2) is 0 Å². The number of rotatable bonds is 5. The fourth-order valence-corrected chi connectivity index (χ4v) is 3.25. The van der Waals surface area contributed by atoms with E-state index in [0.29, 0.717) is 45.7 Å². The molecule has 1 N–H and O–H groups in total. The van der Waals surface area contributed by atoms with E-state index in [9.17, 15) is 4.79 Å². The van der Waals surface area contributed by atoms with Crippen LogP contribution in [0.25, 0.3) is 0 Å². The number of fused-ring (bicyclic) bond motifs is 1. The summed E-state index contributed by atoms with van der Waals surface area (Å²) in [4.78, 5) is 16.3. The Morgan fingerprint density at radius 1 is 1.26 bits per heavy atom. The number of nitrogens with zero attached hydrogens (tertiary/aromatic N) is 4. The Morgan fingerprint density at radius 3 is 2.87 bits per heavy atom. The van der Waals surface area contributed by atoms with Crippen LogP contribution in [0.2, 0.25) is 0 Å². The Labute approximate surface area is 136 Å². The van der Waals surface area contributed by atoms with E-state index in [-0.39, 0.29) is 12.5 Å². The quantitative estimate of drug-likeness (QED) is 0.818. The van der Waals surface area contributed by atoms with Gasteiger partial charge in [0.25, 0.3) is 0 Å². The fourth-order valence-electron chi connectivity index (χ4n) is 3.25. The van der Waals surface area contributed by atoms with Crippen molar-refractivity contribution in [2.45, 2.75) is 32.4 Å². The first-order valence-electron chi connectivity index (χ1n) is 8.50. The number of amides is 1. The predicted octanol–water partition coefficient (Wildman–Crippen LogP) is -0.127. The van der Waals surface area contributed by atoms with Crippen molar-refractivity contribution in [1.29, 1.82) is 0 Å². The zero-order valence-electron chi connectivity index (χ0n) is 13.6. The van der Waals surface area contributed by atoms with Gasteiger partial charge in [-0.05, 0) is 12.5 Å². The predicted molar refractivity (Wildman–Crippen MR) is 84.9 cm³/mol. The number of hydrogen-bond acceptors (Lipinski definition) is 5. The number of carbonyl (C=O) groups is 1. The number of morpholine rings is 1. The average Bonchev–Trinajstić information content (AvgIpc) is 2.86. The van der Waals surface area contributed by atoms with Gasteiger partial charge < -0.3 is 14.7 Å². The molecule has 2 aliphatic rings. The van der Waals surface area contributed by atoms with Crippen molar-refractivity contribution in [2.75, 3.05) is 46.0 Å². The lowest BCUT2D eigenvalue weighted by Crippen LogP contribution is -2.40. The van der Waals surface area contributed by atoms with Gasteiger partial charge in [-0.3, -0.25) is 14.4 Å². The Morgan fingerprint density at radius 2 is 2.09 bits per heavy atom. The molecule has 7 heteroatoms. The maximum atomic E-state index is 12.2. The van der Waals surface area contributed by atoms with Crippen molar-refractivity contribution in [3.8, 4) is 0 Å². The molecule has 0 atom stereocenters. The first-order chi connectivity index (χ1) is 11.3. The van der Waals surface area contributed by atoms with Gasteiger partial charge in [0.05, 0.1) is 31.2 Å². The van der Waals surface area contributed by atoms with Crippen molar-refractivity contribution in [1.82, 2.24) is 19.6 Å². The summed E-state index contributed by atoms with van der Waals surface area (Å²) in [7, 11) is 0. The Bertz CT molecular complexity index is 525. The minimum Gasteiger partial charge on any atom is -0.395 e. The summed E-state index contributed by atoms with van der Waals surface area (Å²) in [5.41, 5.74) is 2.18. The number of carbonyl (C=O) groups excluding carboxylic acids is 1. The number of ether oxygens (including phenoxy) is 1. The smallest absolute Gasteiger partial charge is 0.223 e. The van der Waals surface area contributed by atoms with Crippen molar-refractivity contribution in [3.63, 3.8) is 0 Å². The third kappa shape index (κ3) is 4.31. The summed E-state index contributed by atoms with van der Waals surface area (Å²) < 4.78 is 7.34. The van der Waals surface area contributed by atoms with Crippen molar-refractivity contribution >= 4 is 5.91 Å². The first kappa shape index (κ1) is 16.4. The van der Waals surface area contributed by atoms with Gasteiger partial charge in [0.15, 0.2) is 0 Å². The summed E-state index contributed by atoms with van der Waals surface area (Å²) in [5, 5.41) is 13.8. The minimum absolute atomic E-state index is 0.190. The average molecular weight is 322 g/mol. The molecule has 0 radical (unpaired) electrons. The molecule has 0 aromatic carbocycles. The highest BCUT2D eigenvalue weighted by Crippen LogP contribution is 2.15. The maximum Gasteiger partial charge on any atom is 0.223 e. The number of aliphatic hydroxyl groups is 1. The zero-order chi connectivity index (χ0) is 16.1. The molecule has 0 aliphatic carbocycles. The normalized spacial score (nSPS) is 19.4. The Hall–Kier alpha value is -1.44. The van der Waals surface area contributed by atoms with Crippen LogP contribution >= 0.6 is 0 Å². The fraction of sp³-hybridized carbons (Fsp3) is 0.750. The van der Waals surface area contributed by atoms with Gasteiger partial charge in [-0.2, -0.15) is 5.10 Å². The lowest BCUT2D eigenvalue weighted by molar-refractivity contribution is -0.135. The molecule has 0 spiro atoms. The molecule has 0 bridgehead atoms. The molecule has 1 amide bonds. The number of β-amino-alcohol motifs (C(OH)–C–C–N with tert-alkyl or cyclic N) is 1. The number of aliphatic hydroxyl groups excluding tert-OH is 1. The number of aromatic nitrogens is 2. The van der Waals surface area contributed by atoms with Gasteiger partial charge in [0.1, 0.15) is 0 Å². The summed E-state index contributed by atoms with van der Waals surface area (Å²) in [6.45, 7) is 6.32. The van der Waals surface area contributed by atoms with Crippen LogP contribution in [0.1, 0.15) is 24.2 Å². The highest BCUT2D eigenvalue weighted by Gasteiger charge is 2.19. The van der Waals surface area contributed by atoms with E-state index in [2.05, 4.69) is 20.7 Å². The van der Waals surface area contributed by atoms with Crippen LogP contribution in [0.3, 0.4) is 0 Å². The summed E-state index contributed by atoms with van der Waals surface area (Å²) in [6.07, 6.45) is 2.24. The molecule has 0 saturated carbocycles. The van der Waals surface area contributed by atoms with Crippen LogP contribution in [0.4, 0.5) is 0 Å². The highest BCUT2D eigenvalue weighted by molar-refractivity contribution is 5.76. The summed E-state index contributed by atoms with van der Waals surface area (Å²) in [6, 6.07) is 2.11. The van der Waals surface area contributed by atoms with Crippen molar-refractivity contribution < 1.29 is 14.6 Å². The number of aryl methyl sites for hydroxylation is 2. The SMILES string of the molecule is O=C(CCc1cc2n(n1)CCCN(CCO)C2)N1CCOCC1. The van der Waals surface area contributed by atoms with Gasteiger partial charge in [-0.1, -0.05) is 0 Å².